The van der Waals surface area contributed by atoms with Crippen molar-refractivity contribution in [1.29, 1.82) is 0 Å². The number of carboxylic acid groups (broad SMARTS) is 1. The molecule has 1 aromatic carbocycles. The molecule has 0 heterocycles. The molecule has 0 aliphatic rings. The summed E-state index contributed by atoms with van der Waals surface area (Å²) in [6.07, 6.45) is 0. The van der Waals surface area contributed by atoms with Crippen LogP contribution in [0.5, 0.6) is 5.75 Å². The summed E-state index contributed by atoms with van der Waals surface area (Å²) in [5.41, 5.74) is 5.18. The number of hydrogen-bond donors (Lipinski definition) is 2. The van der Waals surface area contributed by atoms with Crippen LogP contribution in [0.25, 0.3) is 0 Å². The number of halogens is 2. The lowest BCUT2D eigenvalue weighted by Gasteiger charge is -2.09. The molecule has 4 nitrogen and oxygen atoms in total. The zero-order valence-electron chi connectivity index (χ0n) is 7.83. The van der Waals surface area contributed by atoms with Gasteiger partial charge in [0.15, 0.2) is 11.6 Å². The van der Waals surface area contributed by atoms with Crippen LogP contribution in [-0.2, 0) is 4.79 Å². The average Bonchev–Trinajstić information content (AvgIpc) is 2.20. The molecule has 0 radical (unpaired) electrons. The molecule has 0 aliphatic heterocycles. The Hall–Kier alpha value is -1.69. The first-order valence-corrected chi connectivity index (χ1v) is 3.98. The zero-order valence-corrected chi connectivity index (χ0v) is 7.83. The molecule has 0 saturated heterocycles. The van der Waals surface area contributed by atoms with Crippen LogP contribution >= 0.6 is 0 Å². The Balaban J connectivity index is 3.22. The molecular weight excluding hydrogens is 208 g/mol. The average molecular weight is 217 g/mol. The molecule has 1 unspecified atom stereocenters. The van der Waals surface area contributed by atoms with Gasteiger partial charge in [-0.1, -0.05) is 0 Å². The van der Waals surface area contributed by atoms with Crippen LogP contribution < -0.4 is 10.5 Å². The fourth-order valence-corrected chi connectivity index (χ4v) is 1.05. The van der Waals surface area contributed by atoms with Crippen molar-refractivity contribution in [3.05, 3.63) is 29.3 Å². The highest BCUT2D eigenvalue weighted by Crippen LogP contribution is 2.24. The van der Waals surface area contributed by atoms with Crippen molar-refractivity contribution >= 4 is 5.97 Å². The molecule has 0 aromatic heterocycles. The van der Waals surface area contributed by atoms with Gasteiger partial charge in [0.25, 0.3) is 0 Å². The van der Waals surface area contributed by atoms with Gasteiger partial charge in [-0.15, -0.1) is 0 Å². The summed E-state index contributed by atoms with van der Waals surface area (Å²) < 4.78 is 30.4. The molecule has 0 saturated carbocycles. The molecule has 0 amide bonds. The molecule has 6 heteroatoms. The van der Waals surface area contributed by atoms with Crippen molar-refractivity contribution in [2.45, 2.75) is 6.04 Å². The Kier molecular flexibility index (Phi) is 3.21. The second-order valence-corrected chi connectivity index (χ2v) is 2.83. The van der Waals surface area contributed by atoms with Crippen LogP contribution in [0, 0.1) is 11.6 Å². The van der Waals surface area contributed by atoms with E-state index in [1.165, 1.54) is 0 Å². The Bertz CT molecular complexity index is 395. The predicted molar refractivity (Wildman–Crippen MR) is 47.5 cm³/mol. The van der Waals surface area contributed by atoms with E-state index >= 15 is 0 Å². The molecule has 1 atom stereocenters. The molecule has 0 fully saturated rings. The molecule has 3 N–H and O–H groups in total. The van der Waals surface area contributed by atoms with Gasteiger partial charge in [0.1, 0.15) is 6.04 Å². The summed E-state index contributed by atoms with van der Waals surface area (Å²) in [4.78, 5) is 10.5. The summed E-state index contributed by atoms with van der Waals surface area (Å²) in [7, 11) is 1.15. The Morgan fingerprint density at radius 1 is 1.53 bits per heavy atom. The summed E-state index contributed by atoms with van der Waals surface area (Å²) in [6.45, 7) is 0. The highest BCUT2D eigenvalue weighted by atomic mass is 19.2. The van der Waals surface area contributed by atoms with E-state index in [1.807, 2.05) is 0 Å². The Morgan fingerprint density at radius 3 is 2.60 bits per heavy atom. The van der Waals surface area contributed by atoms with Crippen molar-refractivity contribution in [1.82, 2.24) is 0 Å². The van der Waals surface area contributed by atoms with E-state index in [2.05, 4.69) is 4.74 Å². The number of methoxy groups -OCH3 is 1. The smallest absolute Gasteiger partial charge is 0.325 e. The van der Waals surface area contributed by atoms with Crippen molar-refractivity contribution in [3.63, 3.8) is 0 Å². The van der Waals surface area contributed by atoms with Gasteiger partial charge >= 0.3 is 5.97 Å². The van der Waals surface area contributed by atoms with E-state index in [0.717, 1.165) is 19.2 Å². The SMILES string of the molecule is COc1cc(C(N)C(=O)O)cc(F)c1F. The van der Waals surface area contributed by atoms with Crippen LogP contribution in [0.4, 0.5) is 8.78 Å². The Labute approximate surface area is 84.3 Å². The van der Waals surface area contributed by atoms with Crippen LogP contribution in [0.2, 0.25) is 0 Å². The fourth-order valence-electron chi connectivity index (χ4n) is 1.05. The van der Waals surface area contributed by atoms with Crippen molar-refractivity contribution in [3.8, 4) is 5.75 Å². The van der Waals surface area contributed by atoms with E-state index in [-0.39, 0.29) is 11.3 Å². The number of hydrogen-bond acceptors (Lipinski definition) is 3. The molecule has 15 heavy (non-hydrogen) atoms. The number of ether oxygens (including phenoxy) is 1. The summed E-state index contributed by atoms with van der Waals surface area (Å²) in [6, 6.07) is 0.377. The number of nitrogens with two attached hydrogens (primary N) is 1. The number of rotatable bonds is 3. The third kappa shape index (κ3) is 2.21. The van der Waals surface area contributed by atoms with Gasteiger partial charge in [-0.05, 0) is 17.7 Å². The number of aliphatic carboxylic acids is 1. The lowest BCUT2D eigenvalue weighted by atomic mass is 10.1. The van der Waals surface area contributed by atoms with Gasteiger partial charge in [0.2, 0.25) is 5.82 Å². The Morgan fingerprint density at radius 2 is 2.13 bits per heavy atom. The third-order valence-electron chi connectivity index (χ3n) is 1.86. The predicted octanol–water partition coefficient (Wildman–Crippen LogP) is 1.06. The molecule has 82 valence electrons. The van der Waals surface area contributed by atoms with E-state index < -0.39 is 23.6 Å². The number of benzene rings is 1. The van der Waals surface area contributed by atoms with Gasteiger partial charge in [-0.3, -0.25) is 4.79 Å². The largest absolute Gasteiger partial charge is 0.494 e. The third-order valence-corrected chi connectivity index (χ3v) is 1.86. The maximum absolute atomic E-state index is 13.0. The van der Waals surface area contributed by atoms with Crippen LogP contribution in [0.15, 0.2) is 12.1 Å². The lowest BCUT2D eigenvalue weighted by molar-refractivity contribution is -0.138. The van der Waals surface area contributed by atoms with Crippen LogP contribution in [0.1, 0.15) is 11.6 Å². The molecule has 1 rings (SSSR count). The van der Waals surface area contributed by atoms with E-state index in [4.69, 9.17) is 10.8 Å². The van der Waals surface area contributed by atoms with Crippen LogP contribution in [0.3, 0.4) is 0 Å². The quantitative estimate of drug-likeness (QED) is 0.793. The zero-order chi connectivity index (χ0) is 11.6. The normalized spacial score (nSPS) is 12.3. The minimum Gasteiger partial charge on any atom is -0.494 e. The monoisotopic (exact) mass is 217 g/mol. The van der Waals surface area contributed by atoms with Gasteiger partial charge in [0, 0.05) is 0 Å². The molecule has 1 aromatic rings. The van der Waals surface area contributed by atoms with E-state index in [9.17, 15) is 13.6 Å². The summed E-state index contributed by atoms with van der Waals surface area (Å²) in [5.74, 6) is -4.07. The van der Waals surface area contributed by atoms with Crippen molar-refractivity contribution in [2.24, 2.45) is 5.73 Å². The second kappa shape index (κ2) is 4.22. The minimum absolute atomic E-state index is 0.0572. The number of carbonyl (C=O) groups is 1. The summed E-state index contributed by atoms with van der Waals surface area (Å²) in [5, 5.41) is 8.58. The minimum atomic E-state index is -1.41. The van der Waals surface area contributed by atoms with E-state index in [1.54, 1.807) is 0 Å². The molecule has 0 bridgehead atoms. The van der Waals surface area contributed by atoms with Gasteiger partial charge < -0.3 is 15.6 Å². The standard InChI is InChI=1S/C9H9F2NO3/c1-15-6-3-4(8(12)9(13)14)2-5(10)7(6)11/h2-3,8H,12H2,1H3,(H,13,14). The van der Waals surface area contributed by atoms with Gasteiger partial charge in [-0.2, -0.15) is 4.39 Å². The maximum atomic E-state index is 13.0. The highest BCUT2D eigenvalue weighted by molar-refractivity contribution is 5.75. The molecule has 0 spiro atoms. The second-order valence-electron chi connectivity index (χ2n) is 2.83. The summed E-state index contributed by atoms with van der Waals surface area (Å²) >= 11 is 0. The maximum Gasteiger partial charge on any atom is 0.325 e. The molecular formula is C9H9F2NO3. The first kappa shape index (κ1) is 11.4. The van der Waals surface area contributed by atoms with Crippen LogP contribution in [-0.4, -0.2) is 18.2 Å². The van der Waals surface area contributed by atoms with Gasteiger partial charge in [-0.25, -0.2) is 4.39 Å². The fraction of sp³-hybridized carbons (Fsp3) is 0.222. The first-order valence-electron chi connectivity index (χ1n) is 3.98. The number of carboxylic acids is 1. The topological polar surface area (TPSA) is 72.5 Å². The van der Waals surface area contributed by atoms with E-state index in [0.29, 0.717) is 0 Å². The molecule has 0 aliphatic carbocycles. The van der Waals surface area contributed by atoms with Crippen molar-refractivity contribution in [2.75, 3.05) is 7.11 Å². The van der Waals surface area contributed by atoms with Gasteiger partial charge in [0.05, 0.1) is 7.11 Å². The first-order chi connectivity index (χ1) is 6.97. The van der Waals surface area contributed by atoms with Crippen molar-refractivity contribution < 1.29 is 23.4 Å². The lowest BCUT2D eigenvalue weighted by Crippen LogP contribution is -2.21. The highest BCUT2D eigenvalue weighted by Gasteiger charge is 2.19.